The summed E-state index contributed by atoms with van der Waals surface area (Å²) in [4.78, 5) is 2.59. The summed E-state index contributed by atoms with van der Waals surface area (Å²) in [6, 6.07) is 89.2. The molecular formula is C65H39NS. The zero-order chi connectivity index (χ0) is 43.8. The standard InChI is InChI=1S/C65H39NS/c1-2-19-42-40(17-1)18-15-33-61(42)66(41-35-36-47-45-22-4-3-20-43(45)44-21-5-6-23-46(44)54(47)37-41)62-39-60-55(38-56(62)53-29-16-28-52-51-27-10-14-34-63(51)67-64(52)53)50-26-9-13-32-59(50)65(60)57-30-11-7-24-48(57)49-25-8-12-31-58(49)65/h1-39H. The first-order valence-electron chi connectivity index (χ1n) is 23.3. The minimum absolute atomic E-state index is 0.515. The molecule has 2 aliphatic carbocycles. The minimum Gasteiger partial charge on any atom is -0.309 e. The van der Waals surface area contributed by atoms with Gasteiger partial charge in [0.15, 0.2) is 0 Å². The first-order chi connectivity index (χ1) is 33.3. The van der Waals surface area contributed by atoms with Crippen molar-refractivity contribution in [1.82, 2.24) is 0 Å². The summed E-state index contributed by atoms with van der Waals surface area (Å²) in [5.74, 6) is 0. The highest BCUT2D eigenvalue weighted by atomic mass is 32.1. The Balaban J connectivity index is 1.12. The normalized spacial score (nSPS) is 13.2. The molecule has 0 atom stereocenters. The number of nitrogens with zero attached hydrogens (tertiary/aromatic N) is 1. The molecule has 0 N–H and O–H groups in total. The maximum atomic E-state index is 2.60. The molecule has 0 amide bonds. The number of rotatable bonds is 4. The van der Waals surface area contributed by atoms with Crippen LogP contribution in [0.3, 0.4) is 0 Å². The van der Waals surface area contributed by atoms with Gasteiger partial charge in [0.25, 0.3) is 0 Å². The van der Waals surface area contributed by atoms with Gasteiger partial charge < -0.3 is 4.90 Å². The van der Waals surface area contributed by atoms with Crippen LogP contribution in [0.25, 0.3) is 96.6 Å². The molecule has 2 heteroatoms. The van der Waals surface area contributed by atoms with E-state index in [0.717, 1.165) is 17.1 Å². The lowest BCUT2D eigenvalue weighted by Crippen LogP contribution is -2.26. The molecule has 1 aromatic heterocycles. The van der Waals surface area contributed by atoms with Crippen LogP contribution in [0.4, 0.5) is 17.1 Å². The summed E-state index contributed by atoms with van der Waals surface area (Å²) in [5, 5.41) is 12.6. The fraction of sp³-hybridized carbons (Fsp3) is 0.0154. The third-order valence-electron chi connectivity index (χ3n) is 15.0. The number of anilines is 3. The Kier molecular flexibility index (Phi) is 7.65. The predicted octanol–water partition coefficient (Wildman–Crippen LogP) is 18.1. The monoisotopic (exact) mass is 865 g/mol. The summed E-state index contributed by atoms with van der Waals surface area (Å²) in [6.07, 6.45) is 0. The average molecular weight is 866 g/mol. The van der Waals surface area contributed by atoms with E-state index >= 15 is 0 Å². The molecule has 15 rings (SSSR count). The second kappa shape index (κ2) is 13.9. The van der Waals surface area contributed by atoms with Gasteiger partial charge in [0, 0.05) is 42.4 Å². The van der Waals surface area contributed by atoms with E-state index in [1.165, 1.54) is 119 Å². The molecule has 0 unspecified atom stereocenters. The molecule has 67 heavy (non-hydrogen) atoms. The number of thiophene rings is 1. The van der Waals surface area contributed by atoms with Gasteiger partial charge in [0.2, 0.25) is 0 Å². The Bertz CT molecular complexity index is 4160. The van der Waals surface area contributed by atoms with E-state index in [1.54, 1.807) is 0 Å². The molecule has 0 radical (unpaired) electrons. The fourth-order valence-corrected chi connectivity index (χ4v) is 13.6. The molecular weight excluding hydrogens is 827 g/mol. The van der Waals surface area contributed by atoms with Gasteiger partial charge in [-0.15, -0.1) is 11.3 Å². The summed E-state index contributed by atoms with van der Waals surface area (Å²) in [7, 11) is 0. The van der Waals surface area contributed by atoms with Crippen molar-refractivity contribution in [2.24, 2.45) is 0 Å². The first-order valence-corrected chi connectivity index (χ1v) is 24.1. The number of hydrogen-bond acceptors (Lipinski definition) is 2. The highest BCUT2D eigenvalue weighted by Crippen LogP contribution is 2.64. The molecule has 13 aromatic rings. The van der Waals surface area contributed by atoms with Crippen LogP contribution in [-0.4, -0.2) is 0 Å². The van der Waals surface area contributed by atoms with Crippen molar-refractivity contribution in [3.8, 4) is 33.4 Å². The van der Waals surface area contributed by atoms with Gasteiger partial charge in [-0.25, -0.2) is 0 Å². The fourth-order valence-electron chi connectivity index (χ4n) is 12.3. The Morgan fingerprint density at radius 1 is 0.284 bits per heavy atom. The van der Waals surface area contributed by atoms with Gasteiger partial charge in [0.05, 0.1) is 16.8 Å². The maximum Gasteiger partial charge on any atom is 0.0726 e. The van der Waals surface area contributed by atoms with E-state index in [2.05, 4.69) is 241 Å². The van der Waals surface area contributed by atoms with E-state index in [1.807, 2.05) is 11.3 Å². The lowest BCUT2D eigenvalue weighted by molar-refractivity contribution is 0.794. The van der Waals surface area contributed by atoms with Crippen LogP contribution in [0.2, 0.25) is 0 Å². The van der Waals surface area contributed by atoms with Crippen LogP contribution in [0, 0.1) is 0 Å². The second-order valence-corrected chi connectivity index (χ2v) is 19.3. The van der Waals surface area contributed by atoms with Crippen LogP contribution in [0.5, 0.6) is 0 Å². The maximum absolute atomic E-state index is 2.60. The average Bonchev–Trinajstić information content (AvgIpc) is 4.03. The molecule has 1 nitrogen and oxygen atoms in total. The molecule has 1 spiro atoms. The smallest absolute Gasteiger partial charge is 0.0726 e. The summed E-state index contributed by atoms with van der Waals surface area (Å²) < 4.78 is 2.60. The Hall–Kier alpha value is -8.30. The third-order valence-corrected chi connectivity index (χ3v) is 16.3. The molecule has 0 fully saturated rings. The highest BCUT2D eigenvalue weighted by Gasteiger charge is 2.52. The van der Waals surface area contributed by atoms with E-state index in [-0.39, 0.29) is 0 Å². The molecule has 2 aliphatic rings. The molecule has 310 valence electrons. The molecule has 1 heterocycles. The largest absolute Gasteiger partial charge is 0.309 e. The lowest BCUT2D eigenvalue weighted by Gasteiger charge is -2.34. The van der Waals surface area contributed by atoms with E-state index < -0.39 is 5.41 Å². The van der Waals surface area contributed by atoms with Gasteiger partial charge >= 0.3 is 0 Å². The van der Waals surface area contributed by atoms with Crippen molar-refractivity contribution in [2.75, 3.05) is 4.90 Å². The summed E-state index contributed by atoms with van der Waals surface area (Å²) >= 11 is 1.90. The van der Waals surface area contributed by atoms with Crippen LogP contribution >= 0.6 is 11.3 Å². The van der Waals surface area contributed by atoms with Gasteiger partial charge in [-0.3, -0.25) is 0 Å². The van der Waals surface area contributed by atoms with Crippen molar-refractivity contribution < 1.29 is 0 Å². The van der Waals surface area contributed by atoms with Crippen molar-refractivity contribution in [3.05, 3.63) is 259 Å². The van der Waals surface area contributed by atoms with Gasteiger partial charge in [-0.2, -0.15) is 0 Å². The zero-order valence-corrected chi connectivity index (χ0v) is 37.2. The lowest BCUT2D eigenvalue weighted by atomic mass is 9.70. The Labute approximate surface area is 392 Å². The van der Waals surface area contributed by atoms with Crippen LogP contribution in [-0.2, 0) is 5.41 Å². The molecule has 0 saturated carbocycles. The molecule has 0 aliphatic heterocycles. The Morgan fingerprint density at radius 3 is 1.46 bits per heavy atom. The Morgan fingerprint density at radius 2 is 0.776 bits per heavy atom. The molecule has 0 bridgehead atoms. The van der Waals surface area contributed by atoms with E-state index in [4.69, 9.17) is 0 Å². The zero-order valence-electron chi connectivity index (χ0n) is 36.4. The van der Waals surface area contributed by atoms with Crippen molar-refractivity contribution in [3.63, 3.8) is 0 Å². The number of fused-ring (bicyclic) bond motifs is 20. The molecule has 0 saturated heterocycles. The van der Waals surface area contributed by atoms with Crippen molar-refractivity contribution >= 4 is 91.7 Å². The predicted molar refractivity (Wildman–Crippen MR) is 286 cm³/mol. The van der Waals surface area contributed by atoms with Gasteiger partial charge in [-0.1, -0.05) is 200 Å². The summed E-state index contributed by atoms with van der Waals surface area (Å²) in [5.41, 5.74) is 15.9. The highest BCUT2D eigenvalue weighted by molar-refractivity contribution is 7.26. The minimum atomic E-state index is -0.515. The summed E-state index contributed by atoms with van der Waals surface area (Å²) in [6.45, 7) is 0. The molecule has 12 aromatic carbocycles. The van der Waals surface area contributed by atoms with Gasteiger partial charge in [0.1, 0.15) is 0 Å². The second-order valence-electron chi connectivity index (χ2n) is 18.2. The SMILES string of the molecule is c1ccc2c(c1)-c1ccccc1C21c2ccccc2-c2cc(-c3cccc4c3sc3ccccc34)c(N(c3ccc4c5ccccc5c5ccccc5c4c3)c3cccc4ccccc34)cc21. The van der Waals surface area contributed by atoms with E-state index in [0.29, 0.717) is 0 Å². The number of hydrogen-bond donors (Lipinski definition) is 0. The van der Waals surface area contributed by atoms with Crippen LogP contribution in [0.15, 0.2) is 237 Å². The third kappa shape index (κ3) is 4.97. The topological polar surface area (TPSA) is 3.24 Å². The van der Waals surface area contributed by atoms with Gasteiger partial charge in [-0.05, 0) is 119 Å². The van der Waals surface area contributed by atoms with Crippen molar-refractivity contribution in [1.29, 1.82) is 0 Å². The quantitative estimate of drug-likeness (QED) is 0.159. The van der Waals surface area contributed by atoms with Crippen molar-refractivity contribution in [2.45, 2.75) is 5.41 Å². The van der Waals surface area contributed by atoms with Crippen LogP contribution in [0.1, 0.15) is 22.3 Å². The van der Waals surface area contributed by atoms with Crippen LogP contribution < -0.4 is 4.90 Å². The van der Waals surface area contributed by atoms with E-state index in [9.17, 15) is 0 Å². The number of benzene rings is 12. The first kappa shape index (κ1) is 37.0.